The third-order valence-electron chi connectivity index (χ3n) is 5.72. The number of carbonyl (C=O) groups is 1. The maximum absolute atomic E-state index is 13.9. The van der Waals surface area contributed by atoms with Gasteiger partial charge < -0.3 is 9.64 Å². The van der Waals surface area contributed by atoms with Crippen molar-refractivity contribution in [1.82, 2.24) is 19.5 Å². The lowest BCUT2D eigenvalue weighted by molar-refractivity contribution is -0.142. The van der Waals surface area contributed by atoms with E-state index in [1.165, 1.54) is 18.7 Å². The number of hydrogen-bond donors (Lipinski definition) is 0. The highest BCUT2D eigenvalue weighted by atomic mass is 19.4. The number of rotatable bonds is 3. The number of ether oxygens (including phenoxy) is 1. The van der Waals surface area contributed by atoms with Gasteiger partial charge in [0.05, 0.1) is 12.8 Å². The number of benzene rings is 2. The number of carbonyl (C=O) groups excluding carboxylic acids is 1. The van der Waals surface area contributed by atoms with E-state index in [-0.39, 0.29) is 17.0 Å². The molecule has 1 aliphatic heterocycles. The van der Waals surface area contributed by atoms with Crippen molar-refractivity contribution in [2.24, 2.45) is 0 Å². The number of aromatic nitrogens is 3. The molecule has 0 spiro atoms. The second-order valence-electron chi connectivity index (χ2n) is 7.80. The molecule has 168 valence electrons. The van der Waals surface area contributed by atoms with Crippen LogP contribution in [0.1, 0.15) is 27.3 Å². The Labute approximate surface area is 187 Å². The highest BCUT2D eigenvalue weighted by Crippen LogP contribution is 2.33. The Balaban J connectivity index is 1.56. The molecular weight excluding hydrogens is 433 g/mol. The smallest absolute Gasteiger partial charge is 0.433 e. The fraction of sp³-hybridized carbons (Fsp3) is 0.208. The van der Waals surface area contributed by atoms with Gasteiger partial charge >= 0.3 is 6.18 Å². The molecule has 1 aliphatic rings. The van der Waals surface area contributed by atoms with Crippen LogP contribution in [0.15, 0.2) is 60.7 Å². The number of nitrogens with zero attached hydrogens (tertiary/aromatic N) is 4. The number of hydrogen-bond acceptors (Lipinski definition) is 4. The normalized spacial score (nSPS) is 13.8. The highest BCUT2D eigenvalue weighted by molar-refractivity contribution is 5.93. The summed E-state index contributed by atoms with van der Waals surface area (Å²) >= 11 is 0. The summed E-state index contributed by atoms with van der Waals surface area (Å²) in [6.45, 7) is 0.857. The lowest BCUT2D eigenvalue weighted by atomic mass is 10.00. The van der Waals surface area contributed by atoms with E-state index in [0.29, 0.717) is 35.3 Å². The maximum Gasteiger partial charge on any atom is 0.433 e. The topological polar surface area (TPSA) is 59.7 Å². The van der Waals surface area contributed by atoms with Crippen LogP contribution in [0.25, 0.3) is 16.9 Å². The van der Waals surface area contributed by atoms with Crippen molar-refractivity contribution >= 4 is 11.6 Å². The van der Waals surface area contributed by atoms with Crippen molar-refractivity contribution in [3.8, 4) is 17.0 Å². The molecule has 6 nitrogen and oxygen atoms in total. The lowest BCUT2D eigenvalue weighted by Gasteiger charge is -2.28. The van der Waals surface area contributed by atoms with E-state index in [0.717, 1.165) is 11.6 Å². The van der Waals surface area contributed by atoms with Gasteiger partial charge in [-0.1, -0.05) is 36.4 Å². The summed E-state index contributed by atoms with van der Waals surface area (Å²) in [6.07, 6.45) is -4.01. The second-order valence-corrected chi connectivity index (χ2v) is 7.80. The Bertz CT molecular complexity index is 1360. The van der Waals surface area contributed by atoms with Gasteiger partial charge in [-0.3, -0.25) is 4.79 Å². The van der Waals surface area contributed by atoms with E-state index >= 15 is 0 Å². The summed E-state index contributed by atoms with van der Waals surface area (Å²) in [5.74, 6) is 0.0727. The van der Waals surface area contributed by atoms with Gasteiger partial charge in [-0.2, -0.15) is 18.3 Å². The summed E-state index contributed by atoms with van der Waals surface area (Å²) in [5, 5.41) is 4.00. The molecule has 2 aromatic carbocycles. The van der Waals surface area contributed by atoms with Gasteiger partial charge in [0.1, 0.15) is 5.75 Å². The Kier molecular flexibility index (Phi) is 5.03. The molecule has 0 atom stereocenters. The highest BCUT2D eigenvalue weighted by Gasteiger charge is 2.36. The molecule has 0 unspecified atom stereocenters. The number of methoxy groups -OCH3 is 1. The fourth-order valence-corrected chi connectivity index (χ4v) is 4.04. The first-order chi connectivity index (χ1) is 15.8. The number of amides is 1. The lowest BCUT2D eigenvalue weighted by Crippen LogP contribution is -2.36. The minimum Gasteiger partial charge on any atom is -0.497 e. The van der Waals surface area contributed by atoms with E-state index in [1.54, 1.807) is 29.2 Å². The van der Waals surface area contributed by atoms with Crippen LogP contribution in [0.5, 0.6) is 5.75 Å². The van der Waals surface area contributed by atoms with E-state index in [4.69, 9.17) is 4.74 Å². The van der Waals surface area contributed by atoms with Gasteiger partial charge in [-0.05, 0) is 35.7 Å². The second kappa shape index (κ2) is 7.91. The van der Waals surface area contributed by atoms with Gasteiger partial charge in [0.25, 0.3) is 5.91 Å². The summed E-state index contributed by atoms with van der Waals surface area (Å²) in [6, 6.07) is 16.7. The van der Waals surface area contributed by atoms with Gasteiger partial charge in [-0.25, -0.2) is 9.50 Å². The van der Waals surface area contributed by atoms with E-state index < -0.39 is 17.8 Å². The zero-order chi connectivity index (χ0) is 23.2. The summed E-state index contributed by atoms with van der Waals surface area (Å²) in [4.78, 5) is 19.1. The van der Waals surface area contributed by atoms with Crippen molar-refractivity contribution in [2.45, 2.75) is 19.1 Å². The Hall–Kier alpha value is -3.88. The molecule has 9 heteroatoms. The predicted molar refractivity (Wildman–Crippen MR) is 115 cm³/mol. The van der Waals surface area contributed by atoms with Crippen molar-refractivity contribution in [1.29, 1.82) is 0 Å². The number of fused-ring (bicyclic) bond motifs is 2. The van der Waals surface area contributed by atoms with Crippen LogP contribution >= 0.6 is 0 Å². The fourth-order valence-electron chi connectivity index (χ4n) is 4.04. The average Bonchev–Trinajstić information content (AvgIpc) is 3.26. The zero-order valence-electron chi connectivity index (χ0n) is 17.6. The van der Waals surface area contributed by atoms with Crippen LogP contribution in [-0.4, -0.2) is 39.1 Å². The zero-order valence-corrected chi connectivity index (χ0v) is 17.6. The molecular formula is C24H19F3N4O2. The molecule has 0 N–H and O–H groups in total. The van der Waals surface area contributed by atoms with Crippen molar-refractivity contribution in [3.63, 3.8) is 0 Å². The minimum absolute atomic E-state index is 0.0524. The summed E-state index contributed by atoms with van der Waals surface area (Å²) in [5.41, 5.74) is 1.63. The summed E-state index contributed by atoms with van der Waals surface area (Å²) < 4.78 is 47.5. The van der Waals surface area contributed by atoms with Gasteiger partial charge in [0.2, 0.25) is 0 Å². The molecule has 0 saturated heterocycles. The molecule has 4 aromatic rings. The maximum atomic E-state index is 13.9. The van der Waals surface area contributed by atoms with E-state index in [2.05, 4.69) is 10.1 Å². The van der Waals surface area contributed by atoms with Gasteiger partial charge in [0, 0.05) is 24.7 Å². The van der Waals surface area contributed by atoms with Gasteiger partial charge in [0.15, 0.2) is 17.0 Å². The van der Waals surface area contributed by atoms with Crippen molar-refractivity contribution in [2.75, 3.05) is 13.7 Å². The molecule has 0 saturated carbocycles. The number of halogens is 3. The van der Waals surface area contributed by atoms with Crippen LogP contribution in [-0.2, 0) is 19.1 Å². The molecule has 2 aromatic heterocycles. The predicted octanol–water partition coefficient (Wildman–Crippen LogP) is 4.62. The van der Waals surface area contributed by atoms with Crippen LogP contribution < -0.4 is 4.74 Å². The molecule has 1 amide bonds. The quantitative estimate of drug-likeness (QED) is 0.455. The third-order valence-corrected chi connectivity index (χ3v) is 5.72. The Morgan fingerprint density at radius 2 is 1.82 bits per heavy atom. The Morgan fingerprint density at radius 1 is 1.03 bits per heavy atom. The summed E-state index contributed by atoms with van der Waals surface area (Å²) in [7, 11) is 1.48. The molecule has 0 fully saturated rings. The van der Waals surface area contributed by atoms with E-state index in [9.17, 15) is 18.0 Å². The molecule has 0 bridgehead atoms. The number of alkyl halides is 3. The van der Waals surface area contributed by atoms with Crippen LogP contribution in [0.3, 0.4) is 0 Å². The molecule has 33 heavy (non-hydrogen) atoms. The minimum atomic E-state index is -4.69. The van der Waals surface area contributed by atoms with Gasteiger partial charge in [-0.15, -0.1) is 0 Å². The van der Waals surface area contributed by atoms with E-state index in [1.807, 2.05) is 24.3 Å². The standard InChI is InChI=1S/C24H19F3N4O2/c1-33-18-8-4-7-16(11-18)19-12-21(24(25,26)27)31-22(28-19)13-20(29-31)23(32)30-10-9-15-5-2-3-6-17(15)14-30/h2-8,11-13H,9-10,14H2,1H3. The Morgan fingerprint density at radius 3 is 2.58 bits per heavy atom. The molecule has 0 aliphatic carbocycles. The van der Waals surface area contributed by atoms with Crippen molar-refractivity contribution in [3.05, 3.63) is 83.2 Å². The van der Waals surface area contributed by atoms with Crippen LogP contribution in [0, 0.1) is 0 Å². The molecule has 3 heterocycles. The first-order valence-electron chi connectivity index (χ1n) is 10.3. The van der Waals surface area contributed by atoms with Crippen LogP contribution in [0.2, 0.25) is 0 Å². The first kappa shape index (κ1) is 21.0. The average molecular weight is 452 g/mol. The largest absolute Gasteiger partial charge is 0.497 e. The van der Waals surface area contributed by atoms with Crippen LogP contribution in [0.4, 0.5) is 13.2 Å². The first-order valence-corrected chi connectivity index (χ1v) is 10.3. The molecule has 0 radical (unpaired) electrons. The third kappa shape index (κ3) is 3.90. The van der Waals surface area contributed by atoms with Crippen molar-refractivity contribution < 1.29 is 22.7 Å². The SMILES string of the molecule is COc1cccc(-c2cc(C(F)(F)F)n3nc(C(=O)N4CCc5ccccc5C4)cc3n2)c1. The molecule has 5 rings (SSSR count). The monoisotopic (exact) mass is 452 g/mol.